The van der Waals surface area contributed by atoms with Gasteiger partial charge in [-0.3, -0.25) is 4.84 Å². The highest BCUT2D eigenvalue weighted by Gasteiger charge is 2.18. The number of nitrogens with zero attached hydrogens (tertiary/aromatic N) is 2. The van der Waals surface area contributed by atoms with Crippen LogP contribution < -0.4 is 10.7 Å². The summed E-state index contributed by atoms with van der Waals surface area (Å²) in [6.45, 7) is 2.05. The first kappa shape index (κ1) is 12.3. The highest BCUT2D eigenvalue weighted by Crippen LogP contribution is 2.01. The average Bonchev–Trinajstić information content (AvgIpc) is 2.46. The van der Waals surface area contributed by atoms with E-state index in [9.17, 15) is 4.79 Å². The van der Waals surface area contributed by atoms with Crippen molar-refractivity contribution in [2.45, 2.75) is 0 Å². The summed E-state index contributed by atoms with van der Waals surface area (Å²) in [7, 11) is 0. The van der Waals surface area contributed by atoms with Crippen LogP contribution in [0.1, 0.15) is 5.56 Å². The number of aromatic amines is 1. The molecule has 96 valence electrons. The molecular formula is C11H15N4O3+. The second-order valence-corrected chi connectivity index (χ2v) is 3.73. The number of aromatic nitrogens is 1. The van der Waals surface area contributed by atoms with E-state index in [1.807, 2.05) is 0 Å². The zero-order valence-corrected chi connectivity index (χ0v) is 9.83. The number of oxime groups is 1. The van der Waals surface area contributed by atoms with E-state index in [1.165, 1.54) is 4.90 Å². The molecule has 1 saturated heterocycles. The molecule has 1 aromatic heterocycles. The Labute approximate surface area is 104 Å². The number of hydrogen-bond donors (Lipinski definition) is 1. The van der Waals surface area contributed by atoms with Crippen LogP contribution in [0.25, 0.3) is 0 Å². The van der Waals surface area contributed by atoms with Gasteiger partial charge in [0.25, 0.3) is 0 Å². The lowest BCUT2D eigenvalue weighted by Crippen LogP contribution is -2.40. The molecule has 0 spiro atoms. The highest BCUT2D eigenvalue weighted by molar-refractivity contribution is 5.96. The number of nitrogens with two attached hydrogens (primary N) is 1. The first-order valence-corrected chi connectivity index (χ1v) is 5.61. The molecule has 0 aromatic carbocycles. The first-order valence-electron chi connectivity index (χ1n) is 5.61. The zero-order chi connectivity index (χ0) is 12.8. The van der Waals surface area contributed by atoms with Crippen molar-refractivity contribution in [1.29, 1.82) is 0 Å². The molecule has 2 rings (SSSR count). The smallest absolute Gasteiger partial charge is 0.380 e. The Bertz CT molecular complexity index is 429. The average molecular weight is 251 g/mol. The number of H-pyrrole nitrogens is 1. The van der Waals surface area contributed by atoms with E-state index in [2.05, 4.69) is 10.1 Å². The third-order valence-corrected chi connectivity index (χ3v) is 2.49. The molecule has 1 aromatic rings. The van der Waals surface area contributed by atoms with Crippen molar-refractivity contribution >= 4 is 11.9 Å². The lowest BCUT2D eigenvalue weighted by Gasteiger charge is -2.24. The zero-order valence-electron chi connectivity index (χ0n) is 9.83. The number of nitrogens with one attached hydrogen (secondary N) is 1. The Hall–Kier alpha value is -2.15. The molecule has 2 heterocycles. The maximum Gasteiger partial charge on any atom is 0.436 e. The summed E-state index contributed by atoms with van der Waals surface area (Å²) in [5, 5.41) is 3.61. The summed E-state index contributed by atoms with van der Waals surface area (Å²) in [6, 6.07) is 3.54. The van der Waals surface area contributed by atoms with Crippen molar-refractivity contribution in [2.24, 2.45) is 10.9 Å². The molecule has 3 N–H and O–H groups in total. The largest absolute Gasteiger partial charge is 0.436 e. The predicted molar refractivity (Wildman–Crippen MR) is 62.6 cm³/mol. The number of ether oxygens (including phenoxy) is 1. The summed E-state index contributed by atoms with van der Waals surface area (Å²) in [5.41, 5.74) is 6.34. The molecular weight excluding hydrogens is 236 g/mol. The molecule has 0 radical (unpaired) electrons. The maximum absolute atomic E-state index is 11.6. The van der Waals surface area contributed by atoms with E-state index < -0.39 is 6.09 Å². The van der Waals surface area contributed by atoms with Crippen LogP contribution in [-0.2, 0) is 9.57 Å². The maximum atomic E-state index is 11.6. The molecule has 1 aliphatic heterocycles. The first-order chi connectivity index (χ1) is 8.77. The summed E-state index contributed by atoms with van der Waals surface area (Å²) in [5.74, 6) is 0.147. The number of carbonyl (C=O) groups excluding carboxylic acids is 1. The highest BCUT2D eigenvalue weighted by atomic mass is 16.7. The third-order valence-electron chi connectivity index (χ3n) is 2.49. The van der Waals surface area contributed by atoms with E-state index in [0.717, 1.165) is 0 Å². The number of pyridine rings is 1. The van der Waals surface area contributed by atoms with Gasteiger partial charge in [-0.05, 0) is 6.07 Å². The van der Waals surface area contributed by atoms with Crippen molar-refractivity contribution in [3.63, 3.8) is 0 Å². The third kappa shape index (κ3) is 3.17. The van der Waals surface area contributed by atoms with Crippen LogP contribution in [0.15, 0.2) is 29.7 Å². The van der Waals surface area contributed by atoms with Crippen LogP contribution in [0.5, 0.6) is 0 Å². The Morgan fingerprint density at radius 1 is 1.50 bits per heavy atom. The van der Waals surface area contributed by atoms with Crippen molar-refractivity contribution in [3.05, 3.63) is 30.1 Å². The molecule has 1 amide bonds. The summed E-state index contributed by atoms with van der Waals surface area (Å²) >= 11 is 0. The standard InChI is InChI=1S/C11H14N4O3/c12-10(9-2-1-3-13-8-9)14-18-11(16)15-4-6-17-7-5-15/h1-3,8H,4-7H2,(H2,12,14)/p+1. The Balaban J connectivity index is 1.91. The minimum atomic E-state index is -0.513. The molecule has 1 fully saturated rings. The van der Waals surface area contributed by atoms with Crippen LogP contribution in [0.3, 0.4) is 0 Å². The quantitative estimate of drug-likeness (QED) is 0.335. The van der Waals surface area contributed by atoms with Gasteiger partial charge in [-0.1, -0.05) is 5.16 Å². The van der Waals surface area contributed by atoms with E-state index in [-0.39, 0.29) is 5.84 Å². The van der Waals surface area contributed by atoms with Crippen LogP contribution in [0, 0.1) is 0 Å². The lowest BCUT2D eigenvalue weighted by atomic mass is 10.3. The van der Waals surface area contributed by atoms with Crippen LogP contribution in [0.2, 0.25) is 0 Å². The van der Waals surface area contributed by atoms with E-state index >= 15 is 0 Å². The van der Waals surface area contributed by atoms with Gasteiger partial charge in [0.05, 0.1) is 18.8 Å². The number of amidine groups is 1. The number of rotatable bonds is 2. The van der Waals surface area contributed by atoms with Gasteiger partial charge in [-0.2, -0.15) is 0 Å². The normalized spacial score (nSPS) is 16.4. The monoisotopic (exact) mass is 251 g/mol. The number of amides is 1. The second-order valence-electron chi connectivity index (χ2n) is 3.73. The summed E-state index contributed by atoms with van der Waals surface area (Å²) in [6.07, 6.45) is 2.90. The van der Waals surface area contributed by atoms with Crippen LogP contribution in [-0.4, -0.2) is 43.1 Å². The fourth-order valence-electron chi connectivity index (χ4n) is 1.50. The molecule has 7 nitrogen and oxygen atoms in total. The van der Waals surface area contributed by atoms with Crippen molar-refractivity contribution in [3.8, 4) is 0 Å². The molecule has 0 bridgehead atoms. The molecule has 7 heteroatoms. The topological polar surface area (TPSA) is 91.3 Å². The van der Waals surface area contributed by atoms with Crippen LogP contribution >= 0.6 is 0 Å². The predicted octanol–water partition coefficient (Wildman–Crippen LogP) is -0.410. The Morgan fingerprint density at radius 2 is 2.28 bits per heavy atom. The van der Waals surface area contributed by atoms with Crippen molar-refractivity contribution in [1.82, 2.24) is 4.90 Å². The van der Waals surface area contributed by atoms with Gasteiger partial charge in [0, 0.05) is 19.2 Å². The minimum Gasteiger partial charge on any atom is -0.380 e. The fraction of sp³-hybridized carbons (Fsp3) is 0.364. The van der Waals surface area contributed by atoms with Gasteiger partial charge < -0.3 is 15.4 Å². The fourth-order valence-corrected chi connectivity index (χ4v) is 1.50. The molecule has 1 aliphatic rings. The van der Waals surface area contributed by atoms with Gasteiger partial charge in [-0.15, -0.1) is 0 Å². The van der Waals surface area contributed by atoms with Gasteiger partial charge in [0.2, 0.25) is 0 Å². The number of hydrogen-bond acceptors (Lipinski definition) is 4. The van der Waals surface area contributed by atoms with Gasteiger partial charge in [0.15, 0.2) is 18.2 Å². The van der Waals surface area contributed by atoms with Crippen molar-refractivity contribution < 1.29 is 19.4 Å². The Morgan fingerprint density at radius 3 is 2.94 bits per heavy atom. The lowest BCUT2D eigenvalue weighted by molar-refractivity contribution is -0.378. The molecule has 0 atom stereocenters. The number of carbonyl (C=O) groups is 1. The summed E-state index contributed by atoms with van der Waals surface area (Å²) in [4.78, 5) is 20.8. The Kier molecular flexibility index (Phi) is 4.08. The molecule has 18 heavy (non-hydrogen) atoms. The van der Waals surface area contributed by atoms with Crippen molar-refractivity contribution in [2.75, 3.05) is 26.3 Å². The minimum absolute atomic E-state index is 0.147. The van der Waals surface area contributed by atoms with Gasteiger partial charge in [-0.25, -0.2) is 9.78 Å². The molecule has 0 aliphatic carbocycles. The second kappa shape index (κ2) is 5.97. The van der Waals surface area contributed by atoms with E-state index in [1.54, 1.807) is 24.5 Å². The SMILES string of the molecule is NC(=NOC(=O)N1CCOCC1)c1ccc[nH+]c1. The summed E-state index contributed by atoms with van der Waals surface area (Å²) < 4.78 is 5.13. The van der Waals surface area contributed by atoms with Gasteiger partial charge >= 0.3 is 6.09 Å². The van der Waals surface area contributed by atoms with Gasteiger partial charge in [0.1, 0.15) is 0 Å². The number of morpholine rings is 1. The molecule has 0 unspecified atom stereocenters. The van der Waals surface area contributed by atoms with E-state index in [4.69, 9.17) is 15.3 Å². The molecule has 0 saturated carbocycles. The van der Waals surface area contributed by atoms with E-state index in [0.29, 0.717) is 31.9 Å². The van der Waals surface area contributed by atoms with Crippen LogP contribution in [0.4, 0.5) is 4.79 Å².